The van der Waals surface area contributed by atoms with Crippen LogP contribution in [0.25, 0.3) is 22.2 Å². The number of aromatic amines is 1. The summed E-state index contributed by atoms with van der Waals surface area (Å²) in [5.41, 5.74) is 3.82. The van der Waals surface area contributed by atoms with Crippen molar-refractivity contribution in [2.24, 2.45) is 0 Å². The smallest absolute Gasteiger partial charge is 0.176 e. The van der Waals surface area contributed by atoms with E-state index in [1.54, 1.807) is 12.3 Å². The standard InChI is InChI=1S/C16H14IN3O2S/c1-23(21,22)13-5-4-10(8-11(13)17)15-14-12(6-7-18-15)19-20-16(14)9-2-3-9/h4-9H,2-3H2,1H3,(H,19,20). The largest absolute Gasteiger partial charge is 0.277 e. The Bertz CT molecular complexity index is 1020. The average molecular weight is 439 g/mol. The minimum Gasteiger partial charge on any atom is -0.277 e. The predicted octanol–water partition coefficient (Wildman–Crippen LogP) is 3.51. The maximum absolute atomic E-state index is 11.8. The molecular formula is C16H14IN3O2S. The van der Waals surface area contributed by atoms with Gasteiger partial charge in [-0.25, -0.2) is 8.42 Å². The summed E-state index contributed by atoms with van der Waals surface area (Å²) in [7, 11) is -3.22. The van der Waals surface area contributed by atoms with Gasteiger partial charge in [-0.15, -0.1) is 0 Å². The van der Waals surface area contributed by atoms with E-state index in [9.17, 15) is 8.42 Å². The molecule has 1 N–H and O–H groups in total. The molecule has 0 bridgehead atoms. The number of benzene rings is 1. The first-order valence-corrected chi connectivity index (χ1v) is 10.2. The SMILES string of the molecule is CS(=O)(=O)c1ccc(-c2nccc3[nH]nc(C4CC4)c23)cc1I. The summed E-state index contributed by atoms with van der Waals surface area (Å²) in [5, 5.41) is 8.60. The molecule has 1 aliphatic rings. The van der Waals surface area contributed by atoms with Gasteiger partial charge < -0.3 is 0 Å². The third-order valence-electron chi connectivity index (χ3n) is 4.07. The molecule has 1 saturated carbocycles. The Labute approximate surface area is 147 Å². The highest BCUT2D eigenvalue weighted by atomic mass is 127. The van der Waals surface area contributed by atoms with Crippen LogP contribution in [0.5, 0.6) is 0 Å². The normalized spacial score (nSPS) is 15.2. The molecule has 0 aliphatic heterocycles. The van der Waals surface area contributed by atoms with Crippen LogP contribution >= 0.6 is 22.6 Å². The van der Waals surface area contributed by atoms with Gasteiger partial charge in [0, 0.05) is 32.9 Å². The van der Waals surface area contributed by atoms with Gasteiger partial charge in [0.05, 0.1) is 21.8 Å². The lowest BCUT2D eigenvalue weighted by atomic mass is 10.0. The quantitative estimate of drug-likeness (QED) is 0.634. The van der Waals surface area contributed by atoms with Crippen molar-refractivity contribution in [1.29, 1.82) is 0 Å². The molecule has 2 aromatic heterocycles. The van der Waals surface area contributed by atoms with Gasteiger partial charge >= 0.3 is 0 Å². The summed E-state index contributed by atoms with van der Waals surface area (Å²) in [4.78, 5) is 4.89. The van der Waals surface area contributed by atoms with E-state index >= 15 is 0 Å². The second-order valence-electron chi connectivity index (χ2n) is 5.88. The Morgan fingerprint density at radius 2 is 2.04 bits per heavy atom. The Hall–Kier alpha value is -1.48. The highest BCUT2D eigenvalue weighted by Crippen LogP contribution is 2.44. The van der Waals surface area contributed by atoms with Gasteiger partial charge in [0.1, 0.15) is 0 Å². The monoisotopic (exact) mass is 439 g/mol. The summed E-state index contributed by atoms with van der Waals surface area (Å²) in [6.45, 7) is 0. The Balaban J connectivity index is 1.93. The molecule has 0 saturated heterocycles. The fraction of sp³-hybridized carbons (Fsp3) is 0.250. The highest BCUT2D eigenvalue weighted by Gasteiger charge is 2.29. The lowest BCUT2D eigenvalue weighted by molar-refractivity contribution is 0.601. The lowest BCUT2D eigenvalue weighted by Crippen LogP contribution is -2.00. The number of fused-ring (bicyclic) bond motifs is 1. The number of aromatic nitrogens is 3. The van der Waals surface area contributed by atoms with Crippen molar-refractivity contribution in [2.75, 3.05) is 6.26 Å². The number of halogens is 1. The van der Waals surface area contributed by atoms with Crippen molar-refractivity contribution >= 4 is 43.3 Å². The van der Waals surface area contributed by atoms with E-state index in [1.807, 2.05) is 18.2 Å². The molecule has 4 rings (SSSR count). The second-order valence-corrected chi connectivity index (χ2v) is 9.03. The third-order valence-corrected chi connectivity index (χ3v) is 6.49. The number of rotatable bonds is 3. The molecular weight excluding hydrogens is 425 g/mol. The van der Waals surface area contributed by atoms with E-state index in [4.69, 9.17) is 0 Å². The minimum atomic E-state index is -3.22. The molecule has 5 nitrogen and oxygen atoms in total. The molecule has 118 valence electrons. The van der Waals surface area contributed by atoms with E-state index < -0.39 is 9.84 Å². The molecule has 7 heteroatoms. The number of pyridine rings is 1. The fourth-order valence-electron chi connectivity index (χ4n) is 2.81. The van der Waals surface area contributed by atoms with Crippen LogP contribution in [0.15, 0.2) is 35.4 Å². The summed E-state index contributed by atoms with van der Waals surface area (Å²) in [6.07, 6.45) is 5.31. The second kappa shape index (κ2) is 5.27. The molecule has 23 heavy (non-hydrogen) atoms. The number of nitrogens with one attached hydrogen (secondary N) is 1. The summed E-state index contributed by atoms with van der Waals surface area (Å²) >= 11 is 2.06. The van der Waals surface area contributed by atoms with Crippen LogP contribution in [0.1, 0.15) is 24.5 Å². The fourth-order valence-corrected chi connectivity index (χ4v) is 5.25. The molecule has 1 aliphatic carbocycles. The lowest BCUT2D eigenvalue weighted by Gasteiger charge is -2.07. The van der Waals surface area contributed by atoms with Crippen LogP contribution in [-0.2, 0) is 9.84 Å². The molecule has 0 unspecified atom stereocenters. The first-order valence-electron chi connectivity index (χ1n) is 7.28. The maximum Gasteiger partial charge on any atom is 0.176 e. The molecule has 1 aromatic carbocycles. The van der Waals surface area contributed by atoms with Crippen molar-refractivity contribution in [2.45, 2.75) is 23.7 Å². The topological polar surface area (TPSA) is 75.7 Å². The first-order chi connectivity index (χ1) is 10.9. The number of H-pyrrole nitrogens is 1. The Morgan fingerprint density at radius 1 is 1.26 bits per heavy atom. The van der Waals surface area contributed by atoms with E-state index in [1.165, 1.54) is 19.1 Å². The van der Waals surface area contributed by atoms with Crippen LogP contribution in [-0.4, -0.2) is 29.9 Å². The molecule has 3 aromatic rings. The van der Waals surface area contributed by atoms with Crippen molar-refractivity contribution in [3.63, 3.8) is 0 Å². The van der Waals surface area contributed by atoms with Crippen molar-refractivity contribution in [3.05, 3.63) is 39.7 Å². The van der Waals surface area contributed by atoms with Crippen molar-refractivity contribution in [1.82, 2.24) is 15.2 Å². The zero-order valence-electron chi connectivity index (χ0n) is 12.4. The van der Waals surface area contributed by atoms with Crippen molar-refractivity contribution in [3.8, 4) is 11.3 Å². The predicted molar refractivity (Wildman–Crippen MR) is 97.1 cm³/mol. The van der Waals surface area contributed by atoms with Gasteiger partial charge in [-0.3, -0.25) is 10.1 Å². The number of sulfone groups is 1. The zero-order valence-corrected chi connectivity index (χ0v) is 15.3. The van der Waals surface area contributed by atoms with Crippen LogP contribution in [0, 0.1) is 3.57 Å². The highest BCUT2D eigenvalue weighted by molar-refractivity contribution is 14.1. The summed E-state index contributed by atoms with van der Waals surface area (Å²) in [5.74, 6) is 0.515. The molecule has 0 spiro atoms. The molecule has 0 atom stereocenters. The Kier molecular flexibility index (Phi) is 3.45. The average Bonchev–Trinajstić information content (AvgIpc) is 3.24. The Morgan fingerprint density at radius 3 is 2.70 bits per heavy atom. The molecule has 0 amide bonds. The molecule has 2 heterocycles. The van der Waals surface area contributed by atoms with Gasteiger partial charge in [0.15, 0.2) is 9.84 Å². The van der Waals surface area contributed by atoms with Gasteiger partial charge in [-0.1, -0.05) is 6.07 Å². The zero-order chi connectivity index (χ0) is 16.2. The van der Waals surface area contributed by atoms with Gasteiger partial charge in [-0.05, 0) is 53.6 Å². The van der Waals surface area contributed by atoms with E-state index in [0.717, 1.165) is 27.9 Å². The van der Waals surface area contributed by atoms with Crippen LogP contribution < -0.4 is 0 Å². The van der Waals surface area contributed by atoms with Crippen LogP contribution in [0.4, 0.5) is 0 Å². The first kappa shape index (κ1) is 15.1. The van der Waals surface area contributed by atoms with Crippen molar-refractivity contribution < 1.29 is 8.42 Å². The summed E-state index contributed by atoms with van der Waals surface area (Å²) < 4.78 is 24.3. The van der Waals surface area contributed by atoms with Gasteiger partial charge in [0.2, 0.25) is 0 Å². The van der Waals surface area contributed by atoms with Crippen LogP contribution in [0.2, 0.25) is 0 Å². The minimum absolute atomic E-state index is 0.351. The number of nitrogens with zero attached hydrogens (tertiary/aromatic N) is 2. The summed E-state index contributed by atoms with van der Waals surface area (Å²) in [6, 6.07) is 7.28. The third kappa shape index (κ3) is 2.65. The van der Waals surface area contributed by atoms with E-state index in [2.05, 4.69) is 37.8 Å². The van der Waals surface area contributed by atoms with Gasteiger partial charge in [-0.2, -0.15) is 5.10 Å². The van der Waals surface area contributed by atoms with Gasteiger partial charge in [0.25, 0.3) is 0 Å². The van der Waals surface area contributed by atoms with E-state index in [0.29, 0.717) is 14.4 Å². The number of hydrogen-bond acceptors (Lipinski definition) is 4. The van der Waals surface area contributed by atoms with E-state index in [-0.39, 0.29) is 0 Å². The van der Waals surface area contributed by atoms with Crippen LogP contribution in [0.3, 0.4) is 0 Å². The molecule has 1 fully saturated rings. The molecule has 0 radical (unpaired) electrons. The number of hydrogen-bond donors (Lipinski definition) is 1. The maximum atomic E-state index is 11.8.